The molecule has 0 spiro atoms. The number of hydrogen-bond acceptors (Lipinski definition) is 4. The van der Waals surface area contributed by atoms with Crippen LogP contribution in [-0.2, 0) is 0 Å². The van der Waals surface area contributed by atoms with Gasteiger partial charge in [0.1, 0.15) is 17.8 Å². The van der Waals surface area contributed by atoms with Gasteiger partial charge in [-0.2, -0.15) is 4.98 Å². The Hall–Kier alpha value is -2.51. The highest BCUT2D eigenvalue weighted by atomic mass is 19.1. The van der Waals surface area contributed by atoms with E-state index in [2.05, 4.69) is 14.7 Å². The number of anilines is 2. The lowest BCUT2D eigenvalue weighted by Gasteiger charge is -2.04. The van der Waals surface area contributed by atoms with E-state index >= 15 is 0 Å². The van der Waals surface area contributed by atoms with Crippen LogP contribution in [0.5, 0.6) is 0 Å². The normalized spacial score (nSPS) is 10.4. The van der Waals surface area contributed by atoms with Crippen molar-refractivity contribution in [1.82, 2.24) is 4.98 Å². The van der Waals surface area contributed by atoms with Gasteiger partial charge in [-0.1, -0.05) is 0 Å². The van der Waals surface area contributed by atoms with Crippen LogP contribution in [0.1, 0.15) is 10.5 Å². The first-order chi connectivity index (χ1) is 8.47. The molecule has 0 radical (unpaired) electrons. The van der Waals surface area contributed by atoms with E-state index < -0.39 is 40.8 Å². The maximum absolute atomic E-state index is 13.2. The average molecular weight is 258 g/mol. The third kappa shape index (κ3) is 2.26. The summed E-state index contributed by atoms with van der Waals surface area (Å²) in [6.07, 6.45) is 0.796. The van der Waals surface area contributed by atoms with E-state index in [4.69, 9.17) is 5.11 Å². The smallest absolute Gasteiger partial charge is 0.357 e. The molecule has 2 rings (SSSR count). The van der Waals surface area contributed by atoms with Gasteiger partial charge in [0.2, 0.25) is 0 Å². The van der Waals surface area contributed by atoms with Gasteiger partial charge in [-0.3, -0.25) is 0 Å². The first kappa shape index (κ1) is 12.0. The number of nitrogens with one attached hydrogen (secondary N) is 1. The Morgan fingerprint density at radius 2 is 1.89 bits per heavy atom. The highest BCUT2D eigenvalue weighted by Crippen LogP contribution is 2.24. The van der Waals surface area contributed by atoms with E-state index in [0.717, 1.165) is 6.26 Å². The molecule has 0 aliphatic rings. The van der Waals surface area contributed by atoms with Crippen molar-refractivity contribution in [2.45, 2.75) is 0 Å². The molecule has 0 aliphatic heterocycles. The Morgan fingerprint density at radius 3 is 2.39 bits per heavy atom. The number of benzene rings is 1. The Bertz CT molecular complexity index is 589. The minimum absolute atomic E-state index is 0.420. The predicted octanol–water partition coefficient (Wildman–Crippen LogP) is 2.53. The SMILES string of the molecule is O=C(O)c1coc(Nc2c(F)cc(F)cc2F)n1. The molecule has 1 heterocycles. The van der Waals surface area contributed by atoms with Gasteiger partial charge in [-0.25, -0.2) is 18.0 Å². The molecular formula is C10H5F3N2O3. The van der Waals surface area contributed by atoms with Gasteiger partial charge in [0.25, 0.3) is 6.01 Å². The number of aromatic carboxylic acids is 1. The summed E-state index contributed by atoms with van der Waals surface area (Å²) in [6, 6.07) is 0.510. The van der Waals surface area contributed by atoms with E-state index in [1.54, 1.807) is 0 Å². The van der Waals surface area contributed by atoms with Crippen molar-refractivity contribution >= 4 is 17.7 Å². The fraction of sp³-hybridized carbons (Fsp3) is 0. The lowest BCUT2D eigenvalue weighted by atomic mass is 10.3. The predicted molar refractivity (Wildman–Crippen MR) is 53.1 cm³/mol. The fourth-order valence-corrected chi connectivity index (χ4v) is 1.20. The van der Waals surface area contributed by atoms with Crippen molar-refractivity contribution in [1.29, 1.82) is 0 Å². The Labute approximate surface area is 97.9 Å². The lowest BCUT2D eigenvalue weighted by Crippen LogP contribution is -2.00. The molecule has 1 aromatic heterocycles. The molecule has 0 saturated carbocycles. The van der Waals surface area contributed by atoms with Crippen LogP contribution in [0, 0.1) is 17.5 Å². The molecule has 5 nitrogen and oxygen atoms in total. The van der Waals surface area contributed by atoms with E-state index in [0.29, 0.717) is 12.1 Å². The monoisotopic (exact) mass is 258 g/mol. The van der Waals surface area contributed by atoms with Crippen LogP contribution < -0.4 is 5.32 Å². The van der Waals surface area contributed by atoms with Crippen LogP contribution >= 0.6 is 0 Å². The van der Waals surface area contributed by atoms with Gasteiger partial charge in [0, 0.05) is 12.1 Å². The molecule has 18 heavy (non-hydrogen) atoms. The fourth-order valence-electron chi connectivity index (χ4n) is 1.20. The second-order valence-corrected chi connectivity index (χ2v) is 3.21. The average Bonchev–Trinajstić information content (AvgIpc) is 2.71. The topological polar surface area (TPSA) is 75.4 Å². The van der Waals surface area contributed by atoms with Crippen molar-refractivity contribution in [3.05, 3.63) is 41.5 Å². The van der Waals surface area contributed by atoms with Crippen molar-refractivity contribution < 1.29 is 27.5 Å². The summed E-state index contributed by atoms with van der Waals surface area (Å²) in [5.41, 5.74) is -1.12. The molecule has 0 saturated heterocycles. The summed E-state index contributed by atoms with van der Waals surface area (Å²) >= 11 is 0. The molecule has 2 N–H and O–H groups in total. The quantitative estimate of drug-likeness (QED) is 0.884. The Morgan fingerprint density at radius 1 is 1.28 bits per heavy atom. The van der Waals surface area contributed by atoms with Crippen LogP contribution in [0.2, 0.25) is 0 Å². The molecule has 0 fully saturated rings. The highest BCUT2D eigenvalue weighted by molar-refractivity contribution is 5.85. The number of rotatable bonds is 3. The third-order valence-corrected chi connectivity index (χ3v) is 1.96. The second-order valence-electron chi connectivity index (χ2n) is 3.21. The maximum atomic E-state index is 13.2. The first-order valence-corrected chi connectivity index (χ1v) is 4.58. The molecule has 0 bridgehead atoms. The largest absolute Gasteiger partial charge is 0.476 e. The molecular weight excluding hydrogens is 253 g/mol. The third-order valence-electron chi connectivity index (χ3n) is 1.96. The summed E-state index contributed by atoms with van der Waals surface area (Å²) in [5, 5.41) is 10.6. The molecule has 8 heteroatoms. The minimum atomic E-state index is -1.35. The van der Waals surface area contributed by atoms with Crippen molar-refractivity contribution in [2.75, 3.05) is 5.32 Å². The van der Waals surface area contributed by atoms with E-state index in [-0.39, 0.29) is 0 Å². The minimum Gasteiger partial charge on any atom is -0.476 e. The number of halogens is 3. The van der Waals surface area contributed by atoms with Crippen molar-refractivity contribution in [3.63, 3.8) is 0 Å². The van der Waals surface area contributed by atoms with E-state index in [1.807, 2.05) is 0 Å². The number of carbonyl (C=O) groups is 1. The number of carboxylic acid groups (broad SMARTS) is 1. The van der Waals surface area contributed by atoms with Gasteiger partial charge in [0.15, 0.2) is 17.3 Å². The number of aromatic nitrogens is 1. The van der Waals surface area contributed by atoms with Crippen LogP contribution in [-0.4, -0.2) is 16.1 Å². The number of hydrogen-bond donors (Lipinski definition) is 2. The van der Waals surface area contributed by atoms with Gasteiger partial charge in [-0.05, 0) is 0 Å². The summed E-state index contributed by atoms with van der Waals surface area (Å²) in [6.45, 7) is 0. The zero-order chi connectivity index (χ0) is 13.3. The standard InChI is InChI=1S/C10H5F3N2O3/c11-4-1-5(12)8(6(13)2-4)15-10-14-7(3-18-10)9(16)17/h1-3H,(H,14,15)(H,16,17). The number of oxazole rings is 1. The van der Waals surface area contributed by atoms with Gasteiger partial charge in [0.05, 0.1) is 0 Å². The van der Waals surface area contributed by atoms with Gasteiger partial charge < -0.3 is 14.8 Å². The van der Waals surface area contributed by atoms with Gasteiger partial charge >= 0.3 is 5.97 Å². The molecule has 0 unspecified atom stereocenters. The summed E-state index contributed by atoms with van der Waals surface area (Å²) in [5.74, 6) is -4.81. The Balaban J connectivity index is 2.31. The molecule has 2 aromatic rings. The molecule has 94 valence electrons. The van der Waals surface area contributed by atoms with Crippen molar-refractivity contribution in [2.24, 2.45) is 0 Å². The summed E-state index contributed by atoms with van der Waals surface area (Å²) in [4.78, 5) is 13.9. The first-order valence-electron chi connectivity index (χ1n) is 4.58. The van der Waals surface area contributed by atoms with Crippen molar-refractivity contribution in [3.8, 4) is 0 Å². The van der Waals surface area contributed by atoms with Crippen LogP contribution in [0.25, 0.3) is 0 Å². The van der Waals surface area contributed by atoms with E-state index in [1.165, 1.54) is 0 Å². The van der Waals surface area contributed by atoms with Crippen LogP contribution in [0.3, 0.4) is 0 Å². The second kappa shape index (κ2) is 4.40. The summed E-state index contributed by atoms with van der Waals surface area (Å²) < 4.78 is 43.7. The highest BCUT2D eigenvalue weighted by Gasteiger charge is 2.15. The lowest BCUT2D eigenvalue weighted by molar-refractivity contribution is 0.0690. The zero-order valence-electron chi connectivity index (χ0n) is 8.58. The molecule has 0 aliphatic carbocycles. The van der Waals surface area contributed by atoms with E-state index in [9.17, 15) is 18.0 Å². The maximum Gasteiger partial charge on any atom is 0.357 e. The number of carboxylic acids is 1. The Kier molecular flexibility index (Phi) is 2.92. The number of nitrogens with zero attached hydrogens (tertiary/aromatic N) is 1. The molecule has 1 aromatic carbocycles. The van der Waals surface area contributed by atoms with Crippen LogP contribution in [0.15, 0.2) is 22.8 Å². The van der Waals surface area contributed by atoms with Gasteiger partial charge in [-0.15, -0.1) is 0 Å². The van der Waals surface area contributed by atoms with Crippen LogP contribution in [0.4, 0.5) is 24.9 Å². The zero-order valence-corrected chi connectivity index (χ0v) is 8.58. The molecule has 0 atom stereocenters. The molecule has 0 amide bonds. The summed E-state index contributed by atoms with van der Waals surface area (Å²) in [7, 11) is 0.